The zero-order valence-electron chi connectivity index (χ0n) is 19.4. The number of hydrogen-bond donors (Lipinski definition) is 0. The summed E-state index contributed by atoms with van der Waals surface area (Å²) in [5.74, 6) is -1.11. The van der Waals surface area contributed by atoms with E-state index in [4.69, 9.17) is 9.40 Å². The maximum Gasteiger partial charge on any atom is 0.362 e. The van der Waals surface area contributed by atoms with Gasteiger partial charge in [-0.15, -0.1) is 0 Å². The summed E-state index contributed by atoms with van der Waals surface area (Å²) in [6, 6.07) is 20.8. The number of halogens is 2. The van der Waals surface area contributed by atoms with E-state index in [2.05, 4.69) is 4.98 Å². The van der Waals surface area contributed by atoms with Crippen LogP contribution in [0, 0.1) is 11.6 Å². The van der Waals surface area contributed by atoms with Crippen molar-refractivity contribution in [3.63, 3.8) is 0 Å². The molecule has 0 saturated carbocycles. The van der Waals surface area contributed by atoms with Crippen molar-refractivity contribution in [3.05, 3.63) is 119 Å². The molecule has 8 heteroatoms. The first-order valence-electron chi connectivity index (χ1n) is 11.7. The molecule has 7 aromatic rings. The largest absolute Gasteiger partial charge is 0.402 e. The Hall–Kier alpha value is -4.85. The smallest absolute Gasteiger partial charge is 0.362 e. The highest BCUT2D eigenvalue weighted by Crippen LogP contribution is 2.37. The van der Waals surface area contributed by atoms with Crippen molar-refractivity contribution >= 4 is 43.9 Å². The maximum absolute atomic E-state index is 14.7. The highest BCUT2D eigenvalue weighted by atomic mass is 19.1. The molecule has 0 N–H and O–H groups in total. The fourth-order valence-electron chi connectivity index (χ4n) is 5.15. The van der Waals surface area contributed by atoms with E-state index >= 15 is 0 Å². The van der Waals surface area contributed by atoms with Crippen molar-refractivity contribution < 1.29 is 13.2 Å². The SMILES string of the molecule is O=c1oc2ncccc2c2c3c4ncn(Cc5ccccc5)c4ccc3n(Cc3cc(F)ccc3F)c12. The summed E-state index contributed by atoms with van der Waals surface area (Å²) in [7, 11) is 0. The standard InChI is InChI=1S/C29H18F2N4O2/c30-19-8-9-21(31)18(13-19)15-35-22-10-11-23-26(33-16-34(23)14-17-5-2-1-3-6-17)25(22)24-20-7-4-12-32-28(20)37-29(36)27(24)35/h1-13,16H,14-15H2. The van der Waals surface area contributed by atoms with Crippen molar-refractivity contribution in [2.45, 2.75) is 13.1 Å². The Bertz CT molecular complexity index is 2040. The molecule has 0 aliphatic heterocycles. The van der Waals surface area contributed by atoms with Gasteiger partial charge in [-0.2, -0.15) is 0 Å². The third-order valence-electron chi connectivity index (χ3n) is 6.77. The number of hydrogen-bond acceptors (Lipinski definition) is 4. The van der Waals surface area contributed by atoms with Gasteiger partial charge >= 0.3 is 5.63 Å². The minimum absolute atomic E-state index is 0.0592. The van der Waals surface area contributed by atoms with Gasteiger partial charge in [-0.05, 0) is 48.0 Å². The molecule has 0 atom stereocenters. The summed E-state index contributed by atoms with van der Waals surface area (Å²) in [5.41, 5.74) is 3.36. The Morgan fingerprint density at radius 1 is 0.838 bits per heavy atom. The number of nitrogens with zero attached hydrogens (tertiary/aromatic N) is 4. The van der Waals surface area contributed by atoms with E-state index in [1.165, 1.54) is 0 Å². The molecule has 3 aromatic carbocycles. The van der Waals surface area contributed by atoms with E-state index in [1.54, 1.807) is 23.2 Å². The van der Waals surface area contributed by atoms with E-state index in [0.29, 0.717) is 28.4 Å². The molecule has 4 aromatic heterocycles. The van der Waals surface area contributed by atoms with Crippen LogP contribution in [0.25, 0.3) is 43.9 Å². The molecule has 37 heavy (non-hydrogen) atoms. The van der Waals surface area contributed by atoms with Gasteiger partial charge in [-0.1, -0.05) is 30.3 Å². The van der Waals surface area contributed by atoms with Gasteiger partial charge < -0.3 is 13.6 Å². The van der Waals surface area contributed by atoms with E-state index in [0.717, 1.165) is 34.7 Å². The van der Waals surface area contributed by atoms with E-state index < -0.39 is 17.3 Å². The Morgan fingerprint density at radius 3 is 2.54 bits per heavy atom. The van der Waals surface area contributed by atoms with Crippen LogP contribution in [0.15, 0.2) is 94.5 Å². The highest BCUT2D eigenvalue weighted by molar-refractivity contribution is 6.25. The number of fused-ring (bicyclic) bond motifs is 7. The van der Waals surface area contributed by atoms with Crippen molar-refractivity contribution in [3.8, 4) is 0 Å². The highest BCUT2D eigenvalue weighted by Gasteiger charge is 2.23. The monoisotopic (exact) mass is 492 g/mol. The number of benzene rings is 3. The molecular formula is C29H18F2N4O2. The summed E-state index contributed by atoms with van der Waals surface area (Å²) in [6.07, 6.45) is 3.33. The predicted molar refractivity (Wildman–Crippen MR) is 138 cm³/mol. The van der Waals surface area contributed by atoms with Crippen molar-refractivity contribution in [2.75, 3.05) is 0 Å². The molecular weight excluding hydrogens is 474 g/mol. The van der Waals surface area contributed by atoms with E-state index in [-0.39, 0.29) is 23.3 Å². The van der Waals surface area contributed by atoms with Gasteiger partial charge in [0.05, 0.1) is 29.4 Å². The van der Waals surface area contributed by atoms with Crippen molar-refractivity contribution in [1.82, 2.24) is 19.1 Å². The molecule has 0 saturated heterocycles. The Balaban J connectivity index is 1.57. The molecule has 0 aliphatic rings. The van der Waals surface area contributed by atoms with Gasteiger partial charge in [0.1, 0.15) is 17.2 Å². The molecule has 0 fully saturated rings. The Morgan fingerprint density at radius 2 is 1.68 bits per heavy atom. The minimum Gasteiger partial charge on any atom is -0.402 e. The first-order chi connectivity index (χ1) is 18.1. The fourth-order valence-corrected chi connectivity index (χ4v) is 5.15. The summed E-state index contributed by atoms with van der Waals surface area (Å²) in [4.78, 5) is 22.3. The third kappa shape index (κ3) is 3.33. The quantitative estimate of drug-likeness (QED) is 0.301. The Kier molecular flexibility index (Phi) is 4.69. The fraction of sp³-hybridized carbons (Fsp3) is 0.0690. The van der Waals surface area contributed by atoms with Crippen molar-refractivity contribution in [1.29, 1.82) is 0 Å². The van der Waals surface area contributed by atoms with Crippen LogP contribution in [0.2, 0.25) is 0 Å². The van der Waals surface area contributed by atoms with Gasteiger partial charge in [0, 0.05) is 34.5 Å². The number of pyridine rings is 1. The molecule has 7 rings (SSSR count). The summed E-state index contributed by atoms with van der Waals surface area (Å²) < 4.78 is 38.0. The predicted octanol–water partition coefficient (Wildman–Crippen LogP) is 6.02. The van der Waals surface area contributed by atoms with Crippen LogP contribution in [0.3, 0.4) is 0 Å². The lowest BCUT2D eigenvalue weighted by atomic mass is 10.1. The van der Waals surface area contributed by atoms with E-state index in [1.807, 2.05) is 53.1 Å². The lowest BCUT2D eigenvalue weighted by Gasteiger charge is -2.09. The van der Waals surface area contributed by atoms with Crippen LogP contribution < -0.4 is 5.63 Å². The first-order valence-corrected chi connectivity index (χ1v) is 11.7. The van der Waals surface area contributed by atoms with Crippen LogP contribution in [0.4, 0.5) is 8.78 Å². The normalized spacial score (nSPS) is 11.8. The van der Waals surface area contributed by atoms with Gasteiger partial charge in [-0.3, -0.25) is 0 Å². The Labute approximate surface area is 208 Å². The van der Waals surface area contributed by atoms with Gasteiger partial charge in [-0.25, -0.2) is 23.5 Å². The van der Waals surface area contributed by atoms with Gasteiger partial charge in [0.25, 0.3) is 0 Å². The number of imidazole rings is 1. The second kappa shape index (κ2) is 8.09. The van der Waals surface area contributed by atoms with Gasteiger partial charge in [0.15, 0.2) is 0 Å². The number of aromatic nitrogens is 4. The molecule has 0 amide bonds. The zero-order chi connectivity index (χ0) is 25.1. The van der Waals surface area contributed by atoms with Gasteiger partial charge in [0.2, 0.25) is 5.71 Å². The third-order valence-corrected chi connectivity index (χ3v) is 6.77. The second-order valence-corrected chi connectivity index (χ2v) is 8.98. The van der Waals surface area contributed by atoms with Crippen LogP contribution >= 0.6 is 0 Å². The number of rotatable bonds is 4. The molecule has 180 valence electrons. The topological polar surface area (TPSA) is 65.8 Å². The van der Waals surface area contributed by atoms with Crippen LogP contribution in [-0.2, 0) is 13.1 Å². The maximum atomic E-state index is 14.7. The molecule has 4 heterocycles. The summed E-state index contributed by atoms with van der Waals surface area (Å²) >= 11 is 0. The average Bonchev–Trinajstić information content (AvgIpc) is 3.46. The second-order valence-electron chi connectivity index (χ2n) is 8.98. The van der Waals surface area contributed by atoms with Crippen molar-refractivity contribution in [2.24, 2.45) is 0 Å². The summed E-state index contributed by atoms with van der Waals surface area (Å²) in [6.45, 7) is 0.566. The average molecular weight is 492 g/mol. The lowest BCUT2D eigenvalue weighted by Crippen LogP contribution is -2.09. The molecule has 0 radical (unpaired) electrons. The zero-order valence-corrected chi connectivity index (χ0v) is 19.4. The van der Waals surface area contributed by atoms with Crippen LogP contribution in [0.5, 0.6) is 0 Å². The summed E-state index contributed by atoms with van der Waals surface area (Å²) in [5, 5.41) is 2.01. The minimum atomic E-state index is -0.605. The van der Waals surface area contributed by atoms with E-state index in [9.17, 15) is 13.6 Å². The molecule has 0 aliphatic carbocycles. The molecule has 6 nitrogen and oxygen atoms in total. The lowest BCUT2D eigenvalue weighted by molar-refractivity contribution is 0.551. The molecule has 0 bridgehead atoms. The first kappa shape index (κ1) is 21.4. The van der Waals surface area contributed by atoms with Crippen LogP contribution in [-0.4, -0.2) is 19.1 Å². The van der Waals surface area contributed by atoms with Crippen LogP contribution in [0.1, 0.15) is 11.1 Å². The molecule has 0 unspecified atom stereocenters. The molecule has 0 spiro atoms.